The number of anilines is 1. The summed E-state index contributed by atoms with van der Waals surface area (Å²) in [5, 5.41) is 13.0. The number of hydrogen-bond donors (Lipinski definition) is 1. The average Bonchev–Trinajstić information content (AvgIpc) is 3.11. The van der Waals surface area contributed by atoms with Gasteiger partial charge < -0.3 is 19.9 Å². The van der Waals surface area contributed by atoms with E-state index in [0.29, 0.717) is 17.6 Å². The molecule has 8 nitrogen and oxygen atoms in total. The quantitative estimate of drug-likeness (QED) is 0.306. The van der Waals surface area contributed by atoms with Gasteiger partial charge in [0, 0.05) is 50.4 Å². The summed E-state index contributed by atoms with van der Waals surface area (Å²) < 4.78 is 6.17. The van der Waals surface area contributed by atoms with Gasteiger partial charge in [0.2, 0.25) is 5.95 Å². The Balaban J connectivity index is 0.862. The van der Waals surface area contributed by atoms with Gasteiger partial charge in [-0.05, 0) is 130 Å². The van der Waals surface area contributed by atoms with E-state index in [-0.39, 0.29) is 5.41 Å². The fourth-order valence-electron chi connectivity index (χ4n) is 8.65. The third kappa shape index (κ3) is 7.39. The molecule has 4 heterocycles. The van der Waals surface area contributed by atoms with Crippen LogP contribution in [-0.2, 0) is 12.0 Å². The number of nitrogens with zero attached hydrogens (tertiary/aromatic N) is 6. The maximum absolute atomic E-state index is 9.44. The van der Waals surface area contributed by atoms with Crippen molar-refractivity contribution in [2.45, 2.75) is 77.4 Å². The number of hydrogen-bond acceptors (Lipinski definition) is 8. The van der Waals surface area contributed by atoms with E-state index in [1.807, 2.05) is 43.5 Å². The Hall–Kier alpha value is -3.51. The maximum atomic E-state index is 9.44. The van der Waals surface area contributed by atoms with Crippen LogP contribution in [0, 0.1) is 29.6 Å². The molecule has 2 aromatic carbocycles. The largest absolute Gasteiger partial charge is 0.487 e. The fourth-order valence-corrected chi connectivity index (χ4v) is 8.65. The summed E-state index contributed by atoms with van der Waals surface area (Å²) in [6.45, 7) is 17.3. The van der Waals surface area contributed by atoms with Crippen LogP contribution in [0.25, 0.3) is 0 Å². The number of rotatable bonds is 9. The number of piperidine rings is 2. The van der Waals surface area contributed by atoms with Gasteiger partial charge in [0.15, 0.2) is 0 Å². The Labute approximate surface area is 287 Å². The van der Waals surface area contributed by atoms with Crippen LogP contribution in [0.3, 0.4) is 0 Å². The Morgan fingerprint density at radius 3 is 2.38 bits per heavy atom. The Morgan fingerprint density at radius 1 is 0.938 bits per heavy atom. The number of ether oxygens (including phenoxy) is 1. The highest BCUT2D eigenvalue weighted by molar-refractivity contribution is 5.45. The van der Waals surface area contributed by atoms with Crippen molar-refractivity contribution in [3.63, 3.8) is 0 Å². The van der Waals surface area contributed by atoms with Gasteiger partial charge in [-0.15, -0.1) is 0 Å². The molecule has 0 radical (unpaired) electrons. The SMILES string of the molecule is Cc1cc(C#N)cc(C(C)(C)c2ccc(OCc3ccnc(N4CCN(C5CC6(CCN(CC7CCNCC7)CC6)C5)CC4)n3)cc2)c1. The standard InChI is InChI=1S/C40H53N7O/c1-30-22-32(27-41)24-34(23-30)39(2,3)33-4-6-37(7-5-33)48-29-35-10-15-43-38(44-35)47-20-18-46(19-21-47)36-25-40(26-36)11-16-45(17-12-40)28-31-8-13-42-14-9-31/h4-7,10,15,22-24,31,36,42H,8-9,11-14,16-21,25-26,28-29H2,1-3H3. The molecule has 0 amide bonds. The van der Waals surface area contributed by atoms with Crippen molar-refractivity contribution in [1.82, 2.24) is 25.1 Å². The molecule has 1 spiro atoms. The first-order valence-electron chi connectivity index (χ1n) is 18.3. The van der Waals surface area contributed by atoms with Crippen molar-refractivity contribution in [3.8, 4) is 11.8 Å². The summed E-state index contributed by atoms with van der Waals surface area (Å²) in [5.74, 6) is 2.54. The van der Waals surface area contributed by atoms with E-state index in [0.717, 1.165) is 66.7 Å². The first-order valence-corrected chi connectivity index (χ1v) is 18.3. The van der Waals surface area contributed by atoms with Gasteiger partial charge in [-0.3, -0.25) is 4.90 Å². The fraction of sp³-hybridized carbons (Fsp3) is 0.575. The van der Waals surface area contributed by atoms with Gasteiger partial charge in [-0.25, -0.2) is 9.97 Å². The summed E-state index contributed by atoms with van der Waals surface area (Å²) >= 11 is 0. The number of nitrogens with one attached hydrogen (secondary N) is 1. The summed E-state index contributed by atoms with van der Waals surface area (Å²) in [4.78, 5) is 17.4. The molecule has 3 aromatic rings. The van der Waals surface area contributed by atoms with Crippen LogP contribution in [-0.4, -0.2) is 84.7 Å². The Bertz CT molecular complexity index is 1570. The number of nitriles is 1. The van der Waals surface area contributed by atoms with Gasteiger partial charge in [-0.1, -0.05) is 32.0 Å². The highest BCUT2D eigenvalue weighted by Crippen LogP contribution is 2.51. The summed E-state index contributed by atoms with van der Waals surface area (Å²) in [6, 6.07) is 19.4. The van der Waals surface area contributed by atoms with Crippen LogP contribution >= 0.6 is 0 Å². The van der Waals surface area contributed by atoms with E-state index in [1.54, 1.807) is 0 Å². The van der Waals surface area contributed by atoms with Crippen molar-refractivity contribution in [3.05, 3.63) is 82.7 Å². The van der Waals surface area contributed by atoms with Crippen LogP contribution < -0.4 is 15.0 Å². The monoisotopic (exact) mass is 647 g/mol. The molecule has 0 bridgehead atoms. The second kappa shape index (κ2) is 14.2. The van der Waals surface area contributed by atoms with Gasteiger partial charge in [0.05, 0.1) is 17.3 Å². The number of piperazine rings is 1. The molecule has 0 atom stereocenters. The Morgan fingerprint density at radius 2 is 1.67 bits per heavy atom. The van der Waals surface area contributed by atoms with E-state index < -0.39 is 0 Å². The smallest absolute Gasteiger partial charge is 0.225 e. The lowest BCUT2D eigenvalue weighted by Gasteiger charge is -2.56. The zero-order valence-electron chi connectivity index (χ0n) is 29.3. The maximum Gasteiger partial charge on any atom is 0.225 e. The minimum Gasteiger partial charge on any atom is -0.487 e. The third-order valence-corrected chi connectivity index (χ3v) is 11.9. The minimum atomic E-state index is -0.230. The minimum absolute atomic E-state index is 0.230. The predicted octanol–water partition coefficient (Wildman–Crippen LogP) is 5.93. The number of likely N-dealkylation sites (tertiary alicyclic amines) is 1. The summed E-state index contributed by atoms with van der Waals surface area (Å²) in [7, 11) is 0. The number of benzene rings is 2. The summed E-state index contributed by atoms with van der Waals surface area (Å²) in [6.07, 6.45) is 10.2. The first kappa shape index (κ1) is 33.0. The first-order chi connectivity index (χ1) is 23.3. The lowest BCUT2D eigenvalue weighted by atomic mass is 9.60. The molecule has 1 aliphatic carbocycles. The predicted molar refractivity (Wildman–Crippen MR) is 191 cm³/mol. The summed E-state index contributed by atoms with van der Waals surface area (Å²) in [5.41, 5.74) is 5.39. The molecular formula is C40H53N7O. The van der Waals surface area contributed by atoms with Gasteiger partial charge >= 0.3 is 0 Å². The van der Waals surface area contributed by atoms with Crippen LogP contribution in [0.4, 0.5) is 5.95 Å². The number of aromatic nitrogens is 2. The molecule has 4 aliphatic rings. The van der Waals surface area contributed by atoms with Crippen LogP contribution in [0.2, 0.25) is 0 Å². The molecule has 3 saturated heterocycles. The van der Waals surface area contributed by atoms with E-state index in [2.05, 4.69) is 63.1 Å². The molecular weight excluding hydrogens is 594 g/mol. The second-order valence-corrected chi connectivity index (χ2v) is 15.6. The van der Waals surface area contributed by atoms with Crippen LogP contribution in [0.1, 0.15) is 80.3 Å². The van der Waals surface area contributed by atoms with Gasteiger partial charge in [0.1, 0.15) is 12.4 Å². The lowest BCUT2D eigenvalue weighted by Crippen LogP contribution is -2.59. The van der Waals surface area contributed by atoms with E-state index in [1.165, 1.54) is 76.8 Å². The van der Waals surface area contributed by atoms with Crippen molar-refractivity contribution in [2.24, 2.45) is 11.3 Å². The normalized spacial score (nSPS) is 21.2. The van der Waals surface area contributed by atoms with E-state index in [9.17, 15) is 5.26 Å². The molecule has 8 heteroatoms. The molecule has 48 heavy (non-hydrogen) atoms. The molecule has 254 valence electrons. The van der Waals surface area contributed by atoms with E-state index >= 15 is 0 Å². The molecule has 3 aliphatic heterocycles. The van der Waals surface area contributed by atoms with Crippen molar-refractivity contribution in [2.75, 3.05) is 63.8 Å². The van der Waals surface area contributed by atoms with Crippen molar-refractivity contribution >= 4 is 5.95 Å². The molecule has 1 N–H and O–H groups in total. The van der Waals surface area contributed by atoms with Gasteiger partial charge in [0.25, 0.3) is 0 Å². The second-order valence-electron chi connectivity index (χ2n) is 15.6. The highest BCUT2D eigenvalue weighted by Gasteiger charge is 2.48. The molecule has 1 saturated carbocycles. The third-order valence-electron chi connectivity index (χ3n) is 11.9. The Kier molecular flexibility index (Phi) is 9.73. The molecule has 1 aromatic heterocycles. The molecule has 4 fully saturated rings. The molecule has 7 rings (SSSR count). The zero-order valence-corrected chi connectivity index (χ0v) is 29.3. The topological polar surface area (TPSA) is 80.5 Å². The zero-order chi connectivity index (χ0) is 33.1. The van der Waals surface area contributed by atoms with Gasteiger partial charge in [-0.2, -0.15) is 5.26 Å². The lowest BCUT2D eigenvalue weighted by molar-refractivity contribution is -0.0466. The van der Waals surface area contributed by atoms with Crippen molar-refractivity contribution < 1.29 is 4.74 Å². The average molecular weight is 648 g/mol. The van der Waals surface area contributed by atoms with Crippen molar-refractivity contribution in [1.29, 1.82) is 5.26 Å². The number of aryl methyl sites for hydroxylation is 1. The van der Waals surface area contributed by atoms with Crippen LogP contribution in [0.15, 0.2) is 54.7 Å². The van der Waals surface area contributed by atoms with Crippen LogP contribution in [0.5, 0.6) is 5.75 Å². The van der Waals surface area contributed by atoms with E-state index in [4.69, 9.17) is 9.72 Å². The molecule has 0 unspecified atom stereocenters. The highest BCUT2D eigenvalue weighted by atomic mass is 16.5.